The maximum atomic E-state index is 13.3. The molecule has 1 aromatic carbocycles. The first-order chi connectivity index (χ1) is 9.02. The minimum atomic E-state index is -0.520. The quantitative estimate of drug-likeness (QED) is 0.817. The molecule has 1 aromatic rings. The minimum Gasteiger partial charge on any atom is -0.335 e. The zero-order valence-electron chi connectivity index (χ0n) is 10.9. The van der Waals surface area contributed by atoms with Crippen molar-refractivity contribution in [2.24, 2.45) is 0 Å². The predicted octanol–water partition coefficient (Wildman–Crippen LogP) is 2.54. The van der Waals surface area contributed by atoms with E-state index in [9.17, 15) is 14.0 Å². The fourth-order valence-corrected chi connectivity index (χ4v) is 1.97. The highest BCUT2D eigenvalue weighted by atomic mass is 32.2. The van der Waals surface area contributed by atoms with Gasteiger partial charge >= 0.3 is 6.03 Å². The van der Waals surface area contributed by atoms with Crippen LogP contribution in [-0.4, -0.2) is 23.7 Å². The molecule has 0 spiro atoms. The number of carbonyl (C=O) groups is 2. The lowest BCUT2D eigenvalue weighted by Gasteiger charge is -2.11. The van der Waals surface area contributed by atoms with Crippen LogP contribution in [0.25, 0.3) is 0 Å². The predicted molar refractivity (Wildman–Crippen MR) is 73.6 cm³/mol. The Balaban J connectivity index is 2.36. The highest BCUT2D eigenvalue weighted by Crippen LogP contribution is 2.20. The maximum Gasteiger partial charge on any atom is 0.321 e. The number of halogens is 1. The fourth-order valence-electron chi connectivity index (χ4n) is 1.23. The summed E-state index contributed by atoms with van der Waals surface area (Å²) < 4.78 is 13.3. The number of benzene rings is 1. The normalized spacial score (nSPS) is 11.7. The van der Waals surface area contributed by atoms with Gasteiger partial charge in [-0.25, -0.2) is 9.18 Å². The highest BCUT2D eigenvalue weighted by molar-refractivity contribution is 8.00. The molecule has 0 unspecified atom stereocenters. The molecule has 0 aliphatic rings. The SMILES string of the molecule is CC[C@H](C)NC(=O)NC(=O)CSc1ccccc1F. The zero-order chi connectivity index (χ0) is 14.3. The van der Waals surface area contributed by atoms with E-state index in [1.165, 1.54) is 6.07 Å². The molecule has 0 saturated heterocycles. The number of urea groups is 1. The topological polar surface area (TPSA) is 58.2 Å². The summed E-state index contributed by atoms with van der Waals surface area (Å²) >= 11 is 1.05. The van der Waals surface area contributed by atoms with Gasteiger partial charge in [0, 0.05) is 10.9 Å². The Hall–Kier alpha value is -1.56. The number of nitrogens with one attached hydrogen (secondary N) is 2. The van der Waals surface area contributed by atoms with E-state index < -0.39 is 11.9 Å². The van der Waals surface area contributed by atoms with Gasteiger partial charge in [0.25, 0.3) is 0 Å². The Labute approximate surface area is 116 Å². The Morgan fingerprint density at radius 1 is 1.37 bits per heavy atom. The molecule has 0 aromatic heterocycles. The largest absolute Gasteiger partial charge is 0.335 e. The van der Waals surface area contributed by atoms with Crippen LogP contribution in [0.15, 0.2) is 29.2 Å². The van der Waals surface area contributed by atoms with Gasteiger partial charge in [-0.05, 0) is 25.5 Å². The summed E-state index contributed by atoms with van der Waals surface area (Å²) in [4.78, 5) is 23.3. The summed E-state index contributed by atoms with van der Waals surface area (Å²) in [5.41, 5.74) is 0. The summed E-state index contributed by atoms with van der Waals surface area (Å²) in [6.45, 7) is 3.78. The first kappa shape index (κ1) is 15.5. The third-order valence-corrected chi connectivity index (χ3v) is 3.49. The molecule has 1 rings (SSSR count). The number of amides is 3. The molecule has 1 atom stereocenters. The molecular weight excluding hydrogens is 267 g/mol. The van der Waals surface area contributed by atoms with Crippen LogP contribution in [0.1, 0.15) is 20.3 Å². The Morgan fingerprint density at radius 2 is 2.05 bits per heavy atom. The number of carbonyl (C=O) groups excluding carboxylic acids is 2. The number of hydrogen-bond donors (Lipinski definition) is 2. The molecule has 0 heterocycles. The van der Waals surface area contributed by atoms with E-state index in [1.54, 1.807) is 18.2 Å². The number of imide groups is 1. The van der Waals surface area contributed by atoms with Gasteiger partial charge in [-0.15, -0.1) is 11.8 Å². The van der Waals surface area contributed by atoms with Crippen molar-refractivity contribution >= 4 is 23.7 Å². The second-order valence-corrected chi connectivity index (χ2v) is 5.07. The fraction of sp³-hybridized carbons (Fsp3) is 0.385. The van der Waals surface area contributed by atoms with Gasteiger partial charge < -0.3 is 5.32 Å². The smallest absolute Gasteiger partial charge is 0.321 e. The lowest BCUT2D eigenvalue weighted by molar-refractivity contribution is -0.117. The van der Waals surface area contributed by atoms with Crippen molar-refractivity contribution in [2.45, 2.75) is 31.2 Å². The zero-order valence-corrected chi connectivity index (χ0v) is 11.7. The average molecular weight is 284 g/mol. The average Bonchev–Trinajstić information content (AvgIpc) is 2.37. The van der Waals surface area contributed by atoms with Gasteiger partial charge in [0.15, 0.2) is 0 Å². The summed E-state index contributed by atoms with van der Waals surface area (Å²) in [6, 6.07) is 5.68. The van der Waals surface area contributed by atoms with E-state index in [1.807, 2.05) is 13.8 Å². The lowest BCUT2D eigenvalue weighted by atomic mass is 10.3. The summed E-state index contributed by atoms with van der Waals surface area (Å²) in [5.74, 6) is -0.826. The first-order valence-corrected chi connectivity index (χ1v) is 6.99. The standard InChI is InChI=1S/C13H17FN2O2S/c1-3-9(2)15-13(18)16-12(17)8-19-11-7-5-4-6-10(11)14/h4-7,9H,3,8H2,1-2H3,(H2,15,16,17,18)/t9-/m0/s1. The van der Waals surface area contributed by atoms with Crippen molar-refractivity contribution in [3.8, 4) is 0 Å². The first-order valence-electron chi connectivity index (χ1n) is 6.00. The Morgan fingerprint density at radius 3 is 2.68 bits per heavy atom. The van der Waals surface area contributed by atoms with Gasteiger partial charge in [-0.3, -0.25) is 10.1 Å². The summed E-state index contributed by atoms with van der Waals surface area (Å²) in [5, 5.41) is 4.82. The van der Waals surface area contributed by atoms with Gasteiger partial charge in [0.05, 0.1) is 5.75 Å². The van der Waals surface area contributed by atoms with Crippen LogP contribution in [0, 0.1) is 5.82 Å². The van der Waals surface area contributed by atoms with Gasteiger partial charge in [0.2, 0.25) is 5.91 Å². The molecule has 19 heavy (non-hydrogen) atoms. The van der Waals surface area contributed by atoms with Crippen LogP contribution >= 0.6 is 11.8 Å². The molecule has 0 aliphatic heterocycles. The molecule has 3 amide bonds. The lowest BCUT2D eigenvalue weighted by Crippen LogP contribution is -2.43. The van der Waals surface area contributed by atoms with E-state index in [2.05, 4.69) is 10.6 Å². The van der Waals surface area contributed by atoms with Crippen molar-refractivity contribution in [2.75, 3.05) is 5.75 Å². The molecule has 6 heteroatoms. The van der Waals surface area contributed by atoms with Crippen molar-refractivity contribution < 1.29 is 14.0 Å². The molecule has 0 fully saturated rings. The van der Waals surface area contributed by atoms with E-state index in [4.69, 9.17) is 0 Å². The maximum absolute atomic E-state index is 13.3. The second kappa shape index (κ2) is 7.78. The number of rotatable bonds is 5. The van der Waals surface area contributed by atoms with Gasteiger partial charge in [0.1, 0.15) is 5.82 Å². The summed E-state index contributed by atoms with van der Waals surface area (Å²) in [6.07, 6.45) is 0.783. The van der Waals surface area contributed by atoms with Crippen LogP contribution < -0.4 is 10.6 Å². The molecule has 4 nitrogen and oxygen atoms in total. The third kappa shape index (κ3) is 5.74. The highest BCUT2D eigenvalue weighted by Gasteiger charge is 2.11. The van der Waals surface area contributed by atoms with Crippen LogP contribution in [0.3, 0.4) is 0 Å². The van der Waals surface area contributed by atoms with Crippen molar-refractivity contribution in [1.82, 2.24) is 10.6 Å². The number of hydrogen-bond acceptors (Lipinski definition) is 3. The Bertz CT molecular complexity index is 454. The molecule has 0 aliphatic carbocycles. The van der Waals surface area contributed by atoms with Gasteiger partial charge in [-0.1, -0.05) is 19.1 Å². The van der Waals surface area contributed by atoms with Crippen LogP contribution in [0.5, 0.6) is 0 Å². The van der Waals surface area contributed by atoms with E-state index in [-0.39, 0.29) is 17.6 Å². The van der Waals surface area contributed by atoms with Crippen molar-refractivity contribution in [3.05, 3.63) is 30.1 Å². The Kier molecular flexibility index (Phi) is 6.35. The monoisotopic (exact) mass is 284 g/mol. The molecular formula is C13H17FN2O2S. The summed E-state index contributed by atoms with van der Waals surface area (Å²) in [7, 11) is 0. The van der Waals surface area contributed by atoms with Crippen LogP contribution in [0.4, 0.5) is 9.18 Å². The van der Waals surface area contributed by atoms with E-state index in [0.29, 0.717) is 4.90 Å². The molecule has 104 valence electrons. The molecule has 2 N–H and O–H groups in total. The molecule has 0 saturated carbocycles. The van der Waals surface area contributed by atoms with Crippen molar-refractivity contribution in [1.29, 1.82) is 0 Å². The third-order valence-electron chi connectivity index (χ3n) is 2.44. The van der Waals surface area contributed by atoms with Gasteiger partial charge in [-0.2, -0.15) is 0 Å². The molecule has 0 radical (unpaired) electrons. The van der Waals surface area contributed by atoms with Crippen LogP contribution in [-0.2, 0) is 4.79 Å². The van der Waals surface area contributed by atoms with Crippen molar-refractivity contribution in [3.63, 3.8) is 0 Å². The second-order valence-electron chi connectivity index (χ2n) is 4.05. The minimum absolute atomic E-state index is 0.00510. The number of thioether (sulfide) groups is 1. The van der Waals surface area contributed by atoms with Crippen LogP contribution in [0.2, 0.25) is 0 Å². The van der Waals surface area contributed by atoms with E-state index >= 15 is 0 Å². The molecule has 0 bridgehead atoms. The van der Waals surface area contributed by atoms with E-state index in [0.717, 1.165) is 18.2 Å².